The first-order chi connectivity index (χ1) is 8.94. The van der Waals surface area contributed by atoms with Crippen molar-refractivity contribution in [3.05, 3.63) is 35.1 Å². The van der Waals surface area contributed by atoms with Gasteiger partial charge in [0.05, 0.1) is 5.56 Å². The van der Waals surface area contributed by atoms with Crippen LogP contribution in [0.5, 0.6) is 0 Å². The highest BCUT2D eigenvalue weighted by Gasteiger charge is 2.46. The van der Waals surface area contributed by atoms with Crippen molar-refractivity contribution in [1.82, 2.24) is 5.32 Å². The topological polar surface area (TPSA) is 49.3 Å². The highest BCUT2D eigenvalue weighted by molar-refractivity contribution is 5.95. The summed E-state index contributed by atoms with van der Waals surface area (Å²) in [6.07, 6.45) is 0.907. The molecule has 1 aliphatic carbocycles. The zero-order valence-electron chi connectivity index (χ0n) is 11.0. The third-order valence-corrected chi connectivity index (χ3v) is 3.34. The summed E-state index contributed by atoms with van der Waals surface area (Å²) in [7, 11) is 0. The number of carbonyl (C=O) groups is 1. The number of hydrogen-bond acceptors (Lipinski definition) is 2. The van der Waals surface area contributed by atoms with Crippen molar-refractivity contribution in [2.45, 2.75) is 26.3 Å². The molecule has 2 rings (SSSR count). The SMILES string of the molecule is CC1(C)CC1NC(=O)c1cc(C#CCO)ccc1F. The summed E-state index contributed by atoms with van der Waals surface area (Å²) in [4.78, 5) is 12.0. The van der Waals surface area contributed by atoms with Crippen molar-refractivity contribution >= 4 is 5.91 Å². The Kier molecular flexibility index (Phi) is 3.59. The third-order valence-electron chi connectivity index (χ3n) is 3.34. The second-order valence-corrected chi connectivity index (χ2v) is 5.37. The highest BCUT2D eigenvalue weighted by Crippen LogP contribution is 2.44. The molecule has 1 fully saturated rings. The molecular weight excluding hydrogens is 245 g/mol. The molecule has 0 spiro atoms. The fourth-order valence-electron chi connectivity index (χ4n) is 1.87. The Morgan fingerprint density at radius 1 is 1.58 bits per heavy atom. The van der Waals surface area contributed by atoms with Crippen LogP contribution < -0.4 is 5.32 Å². The molecule has 100 valence electrons. The summed E-state index contributed by atoms with van der Waals surface area (Å²) in [5.41, 5.74) is 0.601. The molecule has 0 aromatic heterocycles. The van der Waals surface area contributed by atoms with E-state index in [-0.39, 0.29) is 23.6 Å². The van der Waals surface area contributed by atoms with Gasteiger partial charge in [-0.2, -0.15) is 0 Å². The van der Waals surface area contributed by atoms with Gasteiger partial charge in [-0.1, -0.05) is 25.7 Å². The summed E-state index contributed by atoms with van der Waals surface area (Å²) in [5, 5.41) is 11.4. The highest BCUT2D eigenvalue weighted by atomic mass is 19.1. The molecule has 4 heteroatoms. The first-order valence-electron chi connectivity index (χ1n) is 6.14. The minimum Gasteiger partial charge on any atom is -0.384 e. The number of aliphatic hydroxyl groups is 1. The van der Waals surface area contributed by atoms with E-state index < -0.39 is 11.7 Å². The molecule has 1 saturated carbocycles. The number of halogens is 1. The minimum atomic E-state index is -0.564. The van der Waals surface area contributed by atoms with Crippen LogP contribution in [0.1, 0.15) is 36.2 Å². The number of hydrogen-bond donors (Lipinski definition) is 2. The van der Waals surface area contributed by atoms with Crippen LogP contribution in [0.4, 0.5) is 4.39 Å². The molecule has 1 unspecified atom stereocenters. The van der Waals surface area contributed by atoms with Crippen molar-refractivity contribution in [2.24, 2.45) is 5.41 Å². The summed E-state index contributed by atoms with van der Waals surface area (Å²) in [5.74, 6) is 4.14. The standard InChI is InChI=1S/C15H16FNO2/c1-15(2)9-13(15)17-14(19)11-8-10(4-3-7-18)5-6-12(11)16/h5-6,8,13,18H,7,9H2,1-2H3,(H,17,19). The monoisotopic (exact) mass is 261 g/mol. The van der Waals surface area contributed by atoms with Crippen LogP contribution in [-0.2, 0) is 0 Å². The van der Waals surface area contributed by atoms with Gasteiger partial charge in [-0.05, 0) is 30.0 Å². The lowest BCUT2D eigenvalue weighted by molar-refractivity contribution is 0.0942. The van der Waals surface area contributed by atoms with Crippen molar-refractivity contribution in [1.29, 1.82) is 0 Å². The Labute approximate surface area is 111 Å². The third kappa shape index (κ3) is 3.12. The van der Waals surface area contributed by atoms with Gasteiger partial charge in [0, 0.05) is 11.6 Å². The van der Waals surface area contributed by atoms with E-state index in [1.807, 2.05) is 0 Å². The molecule has 2 N–H and O–H groups in total. The molecule has 1 aliphatic rings. The van der Waals surface area contributed by atoms with Gasteiger partial charge >= 0.3 is 0 Å². The van der Waals surface area contributed by atoms with Gasteiger partial charge in [-0.3, -0.25) is 4.79 Å². The van der Waals surface area contributed by atoms with Gasteiger partial charge in [0.2, 0.25) is 0 Å². The van der Waals surface area contributed by atoms with Crippen molar-refractivity contribution < 1.29 is 14.3 Å². The van der Waals surface area contributed by atoms with Gasteiger partial charge in [0.15, 0.2) is 0 Å². The Balaban J connectivity index is 2.16. The zero-order valence-corrected chi connectivity index (χ0v) is 11.0. The number of benzene rings is 1. The average Bonchev–Trinajstić information content (AvgIpc) is 2.95. The number of aliphatic hydroxyl groups excluding tert-OH is 1. The van der Waals surface area contributed by atoms with Gasteiger partial charge in [0.25, 0.3) is 5.91 Å². The first kappa shape index (κ1) is 13.6. The summed E-state index contributed by atoms with van der Waals surface area (Å²) in [6, 6.07) is 4.21. The second kappa shape index (κ2) is 5.02. The van der Waals surface area contributed by atoms with E-state index in [0.717, 1.165) is 6.42 Å². The van der Waals surface area contributed by atoms with Crippen LogP contribution in [0.15, 0.2) is 18.2 Å². The zero-order chi connectivity index (χ0) is 14.0. The first-order valence-corrected chi connectivity index (χ1v) is 6.14. The molecule has 0 bridgehead atoms. The van der Waals surface area contributed by atoms with Crippen LogP contribution in [-0.4, -0.2) is 23.7 Å². The summed E-state index contributed by atoms with van der Waals surface area (Å²) in [6.45, 7) is 3.84. The maximum absolute atomic E-state index is 13.6. The molecule has 0 saturated heterocycles. The molecule has 0 aliphatic heterocycles. The predicted octanol–water partition coefficient (Wildman–Crippen LogP) is 1.70. The van der Waals surface area contributed by atoms with Gasteiger partial charge < -0.3 is 10.4 Å². The van der Waals surface area contributed by atoms with Gasteiger partial charge in [-0.25, -0.2) is 4.39 Å². The molecule has 1 atom stereocenters. The molecule has 19 heavy (non-hydrogen) atoms. The maximum atomic E-state index is 13.6. The van der Waals surface area contributed by atoms with Gasteiger partial charge in [0.1, 0.15) is 12.4 Å². The van der Waals surface area contributed by atoms with E-state index in [1.165, 1.54) is 18.2 Å². The van der Waals surface area contributed by atoms with Crippen molar-refractivity contribution in [2.75, 3.05) is 6.61 Å². The van der Waals surface area contributed by atoms with Crippen LogP contribution in [0.3, 0.4) is 0 Å². The lowest BCUT2D eigenvalue weighted by atomic mass is 10.1. The quantitative estimate of drug-likeness (QED) is 0.796. The minimum absolute atomic E-state index is 0.00700. The van der Waals surface area contributed by atoms with Crippen molar-refractivity contribution in [3.63, 3.8) is 0 Å². The Morgan fingerprint density at radius 2 is 2.26 bits per heavy atom. The van der Waals surface area contributed by atoms with E-state index in [1.54, 1.807) is 0 Å². The average molecular weight is 261 g/mol. The lowest BCUT2D eigenvalue weighted by Crippen LogP contribution is -2.29. The number of rotatable bonds is 2. The number of carbonyl (C=O) groups excluding carboxylic acids is 1. The molecule has 0 heterocycles. The second-order valence-electron chi connectivity index (χ2n) is 5.37. The fraction of sp³-hybridized carbons (Fsp3) is 0.400. The van der Waals surface area contributed by atoms with Crippen molar-refractivity contribution in [3.8, 4) is 11.8 Å². The van der Waals surface area contributed by atoms with Gasteiger partial charge in [-0.15, -0.1) is 0 Å². The van der Waals surface area contributed by atoms with E-state index in [2.05, 4.69) is 31.0 Å². The Bertz CT molecular complexity index is 569. The maximum Gasteiger partial charge on any atom is 0.254 e. The number of amides is 1. The van der Waals surface area contributed by atoms with E-state index >= 15 is 0 Å². The molecular formula is C15H16FNO2. The molecule has 3 nitrogen and oxygen atoms in total. The molecule has 0 radical (unpaired) electrons. The largest absolute Gasteiger partial charge is 0.384 e. The normalized spacial score (nSPS) is 19.3. The fourth-order valence-corrected chi connectivity index (χ4v) is 1.87. The Hall–Kier alpha value is -1.86. The summed E-state index contributed by atoms with van der Waals surface area (Å²) < 4.78 is 13.6. The molecule has 1 aromatic rings. The predicted molar refractivity (Wildman–Crippen MR) is 70.0 cm³/mol. The number of nitrogens with one attached hydrogen (secondary N) is 1. The van der Waals surface area contributed by atoms with Crippen LogP contribution in [0.2, 0.25) is 0 Å². The molecule has 1 amide bonds. The Morgan fingerprint density at radius 3 is 2.84 bits per heavy atom. The summed E-state index contributed by atoms with van der Waals surface area (Å²) >= 11 is 0. The van der Waals surface area contributed by atoms with Crippen LogP contribution in [0, 0.1) is 23.1 Å². The van der Waals surface area contributed by atoms with E-state index in [0.29, 0.717) is 5.56 Å². The van der Waals surface area contributed by atoms with Crippen LogP contribution in [0.25, 0.3) is 0 Å². The lowest BCUT2D eigenvalue weighted by Gasteiger charge is -2.08. The molecule has 1 aromatic carbocycles. The van der Waals surface area contributed by atoms with E-state index in [4.69, 9.17) is 5.11 Å². The van der Waals surface area contributed by atoms with E-state index in [9.17, 15) is 9.18 Å². The van der Waals surface area contributed by atoms with Crippen LogP contribution >= 0.6 is 0 Å². The smallest absolute Gasteiger partial charge is 0.254 e.